The lowest BCUT2D eigenvalue weighted by Crippen LogP contribution is -2.25. The van der Waals surface area contributed by atoms with Crippen LogP contribution in [0.4, 0.5) is 5.69 Å². The molecular weight excluding hydrogens is 341 g/mol. The normalized spacial score (nSPS) is 12.4. The van der Waals surface area contributed by atoms with E-state index in [-0.39, 0.29) is 0 Å². The average molecular weight is 357 g/mol. The summed E-state index contributed by atoms with van der Waals surface area (Å²) in [5.74, 6) is 0. The highest BCUT2D eigenvalue weighted by Crippen LogP contribution is 2.20. The zero-order valence-corrected chi connectivity index (χ0v) is 12.3. The monoisotopic (exact) mass is 357 g/mol. The molecule has 2 aromatic rings. The lowest BCUT2D eigenvalue weighted by atomic mass is 10.2. The van der Waals surface area contributed by atoms with Crippen molar-refractivity contribution in [2.45, 2.75) is 19.6 Å². The molecule has 1 atom stereocenters. The van der Waals surface area contributed by atoms with E-state index in [4.69, 9.17) is 0 Å². The van der Waals surface area contributed by atoms with Crippen LogP contribution in [0.2, 0.25) is 0 Å². The van der Waals surface area contributed by atoms with Gasteiger partial charge in [-0.1, -0.05) is 6.07 Å². The highest BCUT2D eigenvalue weighted by Gasteiger charge is 2.07. The van der Waals surface area contributed by atoms with Crippen LogP contribution in [0.25, 0.3) is 0 Å². The van der Waals surface area contributed by atoms with Crippen LogP contribution in [-0.4, -0.2) is 27.5 Å². The van der Waals surface area contributed by atoms with E-state index in [0.29, 0.717) is 13.1 Å². The summed E-state index contributed by atoms with van der Waals surface area (Å²) in [4.78, 5) is 0. The number of hydrogen-bond acceptors (Lipinski definition) is 3. The molecule has 5 heteroatoms. The predicted molar refractivity (Wildman–Crippen MR) is 80.6 cm³/mol. The van der Waals surface area contributed by atoms with E-state index >= 15 is 0 Å². The second-order valence-corrected chi connectivity index (χ2v) is 5.34. The average Bonchev–Trinajstić information content (AvgIpc) is 2.84. The maximum atomic E-state index is 9.92. The van der Waals surface area contributed by atoms with Crippen LogP contribution < -0.4 is 5.32 Å². The molecule has 18 heavy (non-hydrogen) atoms. The van der Waals surface area contributed by atoms with Gasteiger partial charge in [-0.05, 0) is 53.3 Å². The zero-order valence-electron chi connectivity index (χ0n) is 10.2. The van der Waals surface area contributed by atoms with Gasteiger partial charge in [0.05, 0.1) is 12.6 Å². The summed E-state index contributed by atoms with van der Waals surface area (Å²) in [6.45, 7) is 3.09. The molecule has 1 unspecified atom stereocenters. The third-order valence-corrected chi connectivity index (χ3v) is 3.92. The Morgan fingerprint density at radius 3 is 3.00 bits per heavy atom. The van der Waals surface area contributed by atoms with E-state index in [2.05, 4.69) is 46.0 Å². The van der Waals surface area contributed by atoms with Crippen molar-refractivity contribution in [3.63, 3.8) is 0 Å². The topological polar surface area (TPSA) is 50.1 Å². The molecule has 0 aliphatic heterocycles. The molecule has 96 valence electrons. The van der Waals surface area contributed by atoms with Crippen molar-refractivity contribution in [3.8, 4) is 0 Å². The second kappa shape index (κ2) is 6.19. The number of nitrogens with one attached hydrogen (secondary N) is 1. The second-order valence-electron chi connectivity index (χ2n) is 4.18. The number of anilines is 1. The fourth-order valence-electron chi connectivity index (χ4n) is 1.72. The molecular formula is C13H16IN3O. The van der Waals surface area contributed by atoms with Crippen molar-refractivity contribution in [1.29, 1.82) is 0 Å². The van der Waals surface area contributed by atoms with Gasteiger partial charge in [-0.3, -0.25) is 4.68 Å². The summed E-state index contributed by atoms with van der Waals surface area (Å²) in [5, 5.41) is 17.3. The van der Waals surface area contributed by atoms with Gasteiger partial charge in [0.2, 0.25) is 0 Å². The summed E-state index contributed by atoms with van der Waals surface area (Å²) in [6, 6.07) is 7.96. The molecule has 1 heterocycles. The first kappa shape index (κ1) is 13.4. The lowest BCUT2D eigenvalue weighted by Gasteiger charge is -2.15. The summed E-state index contributed by atoms with van der Waals surface area (Å²) in [6.07, 6.45) is 3.10. The first-order valence-electron chi connectivity index (χ1n) is 5.81. The highest BCUT2D eigenvalue weighted by atomic mass is 127. The number of benzene rings is 1. The molecule has 0 saturated heterocycles. The molecule has 0 radical (unpaired) electrons. The lowest BCUT2D eigenvalue weighted by molar-refractivity contribution is 0.161. The van der Waals surface area contributed by atoms with Crippen LogP contribution in [0, 0.1) is 10.5 Å². The molecule has 4 nitrogen and oxygen atoms in total. The van der Waals surface area contributed by atoms with E-state index in [9.17, 15) is 5.11 Å². The number of hydrogen-bond donors (Lipinski definition) is 2. The Morgan fingerprint density at radius 1 is 1.44 bits per heavy atom. The summed E-state index contributed by atoms with van der Waals surface area (Å²) >= 11 is 2.31. The van der Waals surface area contributed by atoms with Crippen molar-refractivity contribution in [2.75, 3.05) is 11.9 Å². The summed E-state index contributed by atoms with van der Waals surface area (Å²) < 4.78 is 2.95. The Balaban J connectivity index is 1.89. The first-order chi connectivity index (χ1) is 8.66. The minimum Gasteiger partial charge on any atom is -0.389 e. The Labute approximate surface area is 120 Å². The van der Waals surface area contributed by atoms with E-state index in [1.807, 2.05) is 24.4 Å². The van der Waals surface area contributed by atoms with Crippen molar-refractivity contribution in [1.82, 2.24) is 9.78 Å². The Bertz CT molecular complexity index is 499. The van der Waals surface area contributed by atoms with E-state index in [1.54, 1.807) is 10.9 Å². The van der Waals surface area contributed by atoms with Gasteiger partial charge in [0.1, 0.15) is 0 Å². The number of aliphatic hydroxyl groups is 1. The van der Waals surface area contributed by atoms with Crippen molar-refractivity contribution >= 4 is 28.3 Å². The van der Waals surface area contributed by atoms with Crippen molar-refractivity contribution in [2.24, 2.45) is 0 Å². The van der Waals surface area contributed by atoms with Gasteiger partial charge < -0.3 is 10.4 Å². The number of aliphatic hydroxyl groups excluding tert-OH is 1. The van der Waals surface area contributed by atoms with E-state index in [0.717, 1.165) is 5.69 Å². The number of aromatic nitrogens is 2. The van der Waals surface area contributed by atoms with Gasteiger partial charge in [-0.2, -0.15) is 5.10 Å². The Hall–Kier alpha value is -1.08. The SMILES string of the molecule is Cc1c(I)cccc1NCC(O)Cn1cccn1. The molecule has 0 fully saturated rings. The van der Waals surface area contributed by atoms with Gasteiger partial charge in [-0.15, -0.1) is 0 Å². The standard InChI is InChI=1S/C13H16IN3O/c1-10-12(14)4-2-5-13(10)15-8-11(18)9-17-7-3-6-16-17/h2-7,11,15,18H,8-9H2,1H3. The minimum atomic E-state index is -0.456. The van der Waals surface area contributed by atoms with Crippen molar-refractivity contribution < 1.29 is 5.11 Å². The van der Waals surface area contributed by atoms with Gasteiger partial charge in [0.15, 0.2) is 0 Å². The highest BCUT2D eigenvalue weighted by molar-refractivity contribution is 14.1. The quantitative estimate of drug-likeness (QED) is 0.808. The predicted octanol–water partition coefficient (Wildman–Crippen LogP) is 2.27. The van der Waals surface area contributed by atoms with Gasteiger partial charge in [0, 0.05) is 28.2 Å². The van der Waals surface area contributed by atoms with Gasteiger partial charge >= 0.3 is 0 Å². The number of rotatable bonds is 5. The van der Waals surface area contributed by atoms with E-state index < -0.39 is 6.10 Å². The van der Waals surface area contributed by atoms with Crippen molar-refractivity contribution in [3.05, 3.63) is 45.8 Å². The van der Waals surface area contributed by atoms with Crippen LogP contribution in [0.1, 0.15) is 5.56 Å². The van der Waals surface area contributed by atoms with Crippen LogP contribution in [0.5, 0.6) is 0 Å². The maximum absolute atomic E-state index is 9.92. The van der Waals surface area contributed by atoms with Crippen LogP contribution in [0.3, 0.4) is 0 Å². The summed E-state index contributed by atoms with van der Waals surface area (Å²) in [5.41, 5.74) is 2.28. The maximum Gasteiger partial charge on any atom is 0.0907 e. The molecule has 1 aromatic carbocycles. The zero-order chi connectivity index (χ0) is 13.0. The molecule has 0 spiro atoms. The molecule has 0 bridgehead atoms. The molecule has 2 rings (SSSR count). The first-order valence-corrected chi connectivity index (χ1v) is 6.89. The fraction of sp³-hybridized carbons (Fsp3) is 0.308. The van der Waals surface area contributed by atoms with E-state index in [1.165, 1.54) is 9.13 Å². The summed E-state index contributed by atoms with van der Waals surface area (Å²) in [7, 11) is 0. The van der Waals surface area contributed by atoms with Gasteiger partial charge in [-0.25, -0.2) is 0 Å². The third kappa shape index (κ3) is 3.46. The molecule has 1 aromatic heterocycles. The molecule has 0 aliphatic rings. The van der Waals surface area contributed by atoms with Crippen LogP contribution >= 0.6 is 22.6 Å². The molecule has 0 aliphatic carbocycles. The third-order valence-electron chi connectivity index (χ3n) is 2.75. The Morgan fingerprint density at radius 2 is 2.28 bits per heavy atom. The largest absolute Gasteiger partial charge is 0.389 e. The minimum absolute atomic E-state index is 0.456. The number of nitrogens with zero attached hydrogens (tertiary/aromatic N) is 2. The van der Waals surface area contributed by atoms with Crippen LogP contribution in [-0.2, 0) is 6.54 Å². The number of halogens is 1. The van der Waals surface area contributed by atoms with Crippen LogP contribution in [0.15, 0.2) is 36.7 Å². The fourth-order valence-corrected chi connectivity index (χ4v) is 2.21. The molecule has 2 N–H and O–H groups in total. The molecule has 0 amide bonds. The van der Waals surface area contributed by atoms with Gasteiger partial charge in [0.25, 0.3) is 0 Å². The smallest absolute Gasteiger partial charge is 0.0907 e. The molecule has 0 saturated carbocycles. The Kier molecular flexibility index (Phi) is 4.60.